The molecule has 2 aromatic rings. The third-order valence-electron chi connectivity index (χ3n) is 3.17. The molecule has 0 saturated carbocycles. The highest BCUT2D eigenvalue weighted by atomic mass is 32.2. The zero-order valence-corrected chi connectivity index (χ0v) is 13.1. The molecule has 0 aliphatic rings. The summed E-state index contributed by atoms with van der Waals surface area (Å²) in [4.78, 5) is 15.7. The van der Waals surface area contributed by atoms with Crippen LogP contribution in [-0.4, -0.2) is 33.0 Å². The van der Waals surface area contributed by atoms with E-state index in [0.717, 1.165) is 0 Å². The van der Waals surface area contributed by atoms with E-state index in [4.69, 9.17) is 0 Å². The predicted octanol–water partition coefficient (Wildman–Crippen LogP) is 2.22. The first-order chi connectivity index (χ1) is 10.6. The van der Waals surface area contributed by atoms with Crippen LogP contribution in [0, 0.1) is 5.82 Å². The van der Waals surface area contributed by atoms with Gasteiger partial charge in [0.25, 0.3) is 0 Å². The molecule has 1 aromatic carbocycles. The highest BCUT2D eigenvalue weighted by Crippen LogP contribution is 2.25. The van der Waals surface area contributed by atoms with Crippen molar-refractivity contribution in [3.8, 4) is 0 Å². The maximum absolute atomic E-state index is 13.8. The smallest absolute Gasteiger partial charge is 0.318 e. The molecule has 1 aromatic heterocycles. The lowest BCUT2D eigenvalue weighted by molar-refractivity contribution is -0.139. The molecule has 22 heavy (non-hydrogen) atoms. The Kier molecular flexibility index (Phi) is 5.57. The number of esters is 1. The fourth-order valence-corrected chi connectivity index (χ4v) is 2.88. The van der Waals surface area contributed by atoms with E-state index in [-0.39, 0.29) is 24.9 Å². The maximum atomic E-state index is 13.8. The van der Waals surface area contributed by atoms with Gasteiger partial charge in [-0.1, -0.05) is 30.0 Å². The Morgan fingerprint density at radius 3 is 2.86 bits per heavy atom. The van der Waals surface area contributed by atoms with Crippen molar-refractivity contribution in [2.45, 2.75) is 30.5 Å². The lowest BCUT2D eigenvalue weighted by Gasteiger charge is -2.13. The number of ether oxygens (including phenoxy) is 1. The van der Waals surface area contributed by atoms with Gasteiger partial charge in [0.05, 0.1) is 32.2 Å². The number of benzene rings is 1. The summed E-state index contributed by atoms with van der Waals surface area (Å²) in [6, 6.07) is 6.43. The molecule has 1 N–H and O–H groups in total. The van der Waals surface area contributed by atoms with Crippen LogP contribution in [0.2, 0.25) is 0 Å². The highest BCUT2D eigenvalue weighted by molar-refractivity contribution is 8.00. The quantitative estimate of drug-likeness (QED) is 0.652. The van der Waals surface area contributed by atoms with Gasteiger partial charge in [0.1, 0.15) is 11.1 Å². The number of aromatic nitrogens is 2. The third kappa shape index (κ3) is 3.66. The van der Waals surface area contributed by atoms with Crippen molar-refractivity contribution in [3.05, 3.63) is 47.5 Å². The molecule has 5 nitrogen and oxygen atoms in total. The second-order valence-electron chi connectivity index (χ2n) is 4.65. The molecule has 7 heteroatoms. The predicted molar refractivity (Wildman–Crippen MR) is 81.0 cm³/mol. The fourth-order valence-electron chi connectivity index (χ4n) is 1.95. The Morgan fingerprint density at radius 1 is 1.50 bits per heavy atom. The second kappa shape index (κ2) is 7.42. The normalized spacial score (nSPS) is 12.2. The first kappa shape index (κ1) is 16.5. The van der Waals surface area contributed by atoms with E-state index in [1.54, 1.807) is 29.7 Å². The topological polar surface area (TPSA) is 64.3 Å². The minimum Gasteiger partial charge on any atom is -0.468 e. The van der Waals surface area contributed by atoms with Gasteiger partial charge in [0, 0.05) is 5.56 Å². The number of rotatable bonds is 6. The van der Waals surface area contributed by atoms with Gasteiger partial charge in [0.2, 0.25) is 0 Å². The molecule has 0 fully saturated rings. The number of hydrogen-bond acceptors (Lipinski definition) is 5. The highest BCUT2D eigenvalue weighted by Gasteiger charge is 2.20. The third-order valence-corrected chi connectivity index (χ3v) is 4.25. The number of nitrogens with zero attached hydrogens (tertiary/aromatic N) is 2. The van der Waals surface area contributed by atoms with Crippen molar-refractivity contribution in [3.63, 3.8) is 0 Å². The molecule has 0 unspecified atom stereocenters. The number of halogens is 1. The summed E-state index contributed by atoms with van der Waals surface area (Å²) in [6.45, 7) is 1.73. The first-order valence-corrected chi connectivity index (χ1v) is 7.58. The van der Waals surface area contributed by atoms with Gasteiger partial charge in [-0.25, -0.2) is 9.37 Å². The van der Waals surface area contributed by atoms with Crippen molar-refractivity contribution in [1.29, 1.82) is 0 Å². The lowest BCUT2D eigenvalue weighted by Crippen LogP contribution is -2.16. The van der Waals surface area contributed by atoms with Crippen LogP contribution < -0.4 is 0 Å². The Morgan fingerprint density at radius 2 is 2.23 bits per heavy atom. The summed E-state index contributed by atoms with van der Waals surface area (Å²) in [5.74, 6) is -0.687. The molecule has 0 amide bonds. The zero-order chi connectivity index (χ0) is 16.1. The minimum absolute atomic E-state index is 0.214. The van der Waals surface area contributed by atoms with E-state index in [0.29, 0.717) is 16.4 Å². The van der Waals surface area contributed by atoms with Crippen molar-refractivity contribution in [2.75, 3.05) is 7.11 Å². The average Bonchev–Trinajstić information content (AvgIpc) is 2.90. The number of methoxy groups -OCH3 is 1. The number of aliphatic hydroxyl groups is 1. The Balaban J connectivity index is 2.28. The summed E-state index contributed by atoms with van der Waals surface area (Å²) < 4.78 is 20.2. The van der Waals surface area contributed by atoms with E-state index in [1.165, 1.54) is 31.1 Å². The Bertz CT molecular complexity index is 660. The number of aliphatic hydroxyl groups excluding tert-OH is 1. The number of hydrogen-bond donors (Lipinski definition) is 1. The molecule has 0 saturated heterocycles. The van der Waals surface area contributed by atoms with Crippen LogP contribution in [0.5, 0.6) is 0 Å². The average molecular weight is 324 g/mol. The minimum atomic E-state index is -0.446. The van der Waals surface area contributed by atoms with Gasteiger partial charge < -0.3 is 14.4 Å². The SMILES string of the molecule is COC(=O)[C@H](C)Sc1ncc(CO)n1Cc1ccccc1F. The molecule has 0 radical (unpaired) electrons. The number of carbonyl (C=O) groups is 1. The van der Waals surface area contributed by atoms with Crippen LogP contribution in [0.15, 0.2) is 35.6 Å². The molecule has 1 atom stereocenters. The largest absolute Gasteiger partial charge is 0.468 e. The molecular weight excluding hydrogens is 307 g/mol. The van der Waals surface area contributed by atoms with Gasteiger partial charge in [-0.05, 0) is 13.0 Å². The summed E-state index contributed by atoms with van der Waals surface area (Å²) in [6.07, 6.45) is 1.52. The van der Waals surface area contributed by atoms with Gasteiger partial charge in [0.15, 0.2) is 5.16 Å². The number of imidazole rings is 1. The maximum Gasteiger partial charge on any atom is 0.318 e. The Hall–Kier alpha value is -1.86. The van der Waals surface area contributed by atoms with E-state index < -0.39 is 5.25 Å². The second-order valence-corrected chi connectivity index (χ2v) is 5.96. The van der Waals surface area contributed by atoms with E-state index in [1.807, 2.05) is 0 Å². The standard InChI is InChI=1S/C15H17FN2O3S/c1-10(14(20)21-2)22-15-17-7-12(9-19)18(15)8-11-5-3-4-6-13(11)16/h3-7,10,19H,8-9H2,1-2H3/t10-/m0/s1. The van der Waals surface area contributed by atoms with E-state index in [2.05, 4.69) is 9.72 Å². The molecule has 0 bridgehead atoms. The van der Waals surface area contributed by atoms with Crippen molar-refractivity contribution < 1.29 is 19.0 Å². The molecule has 0 aliphatic heterocycles. The van der Waals surface area contributed by atoms with Gasteiger partial charge >= 0.3 is 5.97 Å². The van der Waals surface area contributed by atoms with Crippen LogP contribution in [0.25, 0.3) is 0 Å². The lowest BCUT2D eigenvalue weighted by atomic mass is 10.2. The summed E-state index contributed by atoms with van der Waals surface area (Å²) >= 11 is 1.21. The molecule has 0 spiro atoms. The molecule has 0 aliphatic carbocycles. The summed E-state index contributed by atoms with van der Waals surface area (Å²) in [5, 5.41) is 9.50. The summed E-state index contributed by atoms with van der Waals surface area (Å²) in [5.41, 5.74) is 1.05. The summed E-state index contributed by atoms with van der Waals surface area (Å²) in [7, 11) is 1.32. The van der Waals surface area contributed by atoms with Crippen molar-refractivity contribution in [1.82, 2.24) is 9.55 Å². The van der Waals surface area contributed by atoms with Crippen LogP contribution in [-0.2, 0) is 22.7 Å². The molecular formula is C15H17FN2O3S. The van der Waals surface area contributed by atoms with E-state index in [9.17, 15) is 14.3 Å². The van der Waals surface area contributed by atoms with Gasteiger partial charge in [-0.15, -0.1) is 0 Å². The van der Waals surface area contributed by atoms with Gasteiger partial charge in [-0.3, -0.25) is 4.79 Å². The van der Waals surface area contributed by atoms with Crippen LogP contribution in [0.4, 0.5) is 4.39 Å². The number of thioether (sulfide) groups is 1. The van der Waals surface area contributed by atoms with Gasteiger partial charge in [-0.2, -0.15) is 0 Å². The van der Waals surface area contributed by atoms with Crippen molar-refractivity contribution in [2.24, 2.45) is 0 Å². The fraction of sp³-hybridized carbons (Fsp3) is 0.333. The first-order valence-electron chi connectivity index (χ1n) is 6.70. The van der Waals surface area contributed by atoms with Crippen LogP contribution >= 0.6 is 11.8 Å². The van der Waals surface area contributed by atoms with Crippen LogP contribution in [0.1, 0.15) is 18.2 Å². The van der Waals surface area contributed by atoms with E-state index >= 15 is 0 Å². The van der Waals surface area contributed by atoms with Crippen molar-refractivity contribution >= 4 is 17.7 Å². The molecule has 118 valence electrons. The monoisotopic (exact) mass is 324 g/mol. The number of carbonyl (C=O) groups excluding carboxylic acids is 1. The van der Waals surface area contributed by atoms with Crippen LogP contribution in [0.3, 0.4) is 0 Å². The molecule has 1 heterocycles. The Labute approximate surface area is 132 Å². The zero-order valence-electron chi connectivity index (χ0n) is 12.3. The molecule has 2 rings (SSSR count).